The number of carbonyl (C=O) groups excluding carboxylic acids is 3. The molecule has 0 aromatic rings. The van der Waals surface area contributed by atoms with Crippen molar-refractivity contribution in [3.05, 3.63) is 11.6 Å². The number of hydrogen-bond acceptors (Lipinski definition) is 3. The average Bonchev–Trinajstić information content (AvgIpc) is 3.08. The van der Waals surface area contributed by atoms with Gasteiger partial charge in [-0.3, -0.25) is 14.4 Å². The van der Waals surface area contributed by atoms with E-state index in [0.717, 1.165) is 12.3 Å². The second kappa shape index (κ2) is 8.04. The Morgan fingerprint density at radius 1 is 1.13 bits per heavy atom. The molecule has 0 radical (unpaired) electrons. The van der Waals surface area contributed by atoms with Gasteiger partial charge in [0.15, 0.2) is 5.78 Å². The topological polar surface area (TPSA) is 75.3 Å². The van der Waals surface area contributed by atoms with Crippen molar-refractivity contribution in [2.45, 2.75) is 98.1 Å². The van der Waals surface area contributed by atoms with Gasteiger partial charge in [0.1, 0.15) is 5.57 Å². The number of fused-ring (bicyclic) bond motifs is 5. The average molecular weight is 429 g/mol. The van der Waals surface area contributed by atoms with Crippen LogP contribution < -0.4 is 10.6 Å². The molecule has 3 saturated carbocycles. The monoisotopic (exact) mass is 428 g/mol. The van der Waals surface area contributed by atoms with Crippen molar-refractivity contribution in [2.24, 2.45) is 34.5 Å². The molecule has 3 aliphatic carbocycles. The molecule has 2 unspecified atom stereocenters. The van der Waals surface area contributed by atoms with Gasteiger partial charge in [0, 0.05) is 11.5 Å². The van der Waals surface area contributed by atoms with E-state index in [0.29, 0.717) is 23.7 Å². The van der Waals surface area contributed by atoms with Gasteiger partial charge in [0.25, 0.3) is 11.8 Å². The summed E-state index contributed by atoms with van der Waals surface area (Å²) in [5.41, 5.74) is 0.490. The highest BCUT2D eigenvalue weighted by Crippen LogP contribution is 2.63. The molecule has 0 saturated heterocycles. The maximum atomic E-state index is 13.1. The molecule has 2 amide bonds. The lowest BCUT2D eigenvalue weighted by atomic mass is 9.48. The van der Waals surface area contributed by atoms with E-state index in [-0.39, 0.29) is 34.6 Å². The van der Waals surface area contributed by atoms with E-state index >= 15 is 0 Å². The molecule has 0 bridgehead atoms. The fraction of sp³-hybridized carbons (Fsp3) is 0.808. The molecule has 2 N–H and O–H groups in total. The van der Waals surface area contributed by atoms with Crippen LogP contribution in [0.5, 0.6) is 0 Å². The van der Waals surface area contributed by atoms with Gasteiger partial charge >= 0.3 is 0 Å². The highest BCUT2D eigenvalue weighted by molar-refractivity contribution is 6.19. The number of Topliss-reactive ketones (excluding diaryl/α,β-unsaturated/α-hetero) is 1. The Labute approximate surface area is 187 Å². The molecule has 1 heterocycles. The smallest absolute Gasteiger partial charge is 0.257 e. The summed E-state index contributed by atoms with van der Waals surface area (Å²) in [6.07, 6.45) is 11.2. The van der Waals surface area contributed by atoms with Crippen LogP contribution in [-0.4, -0.2) is 29.7 Å². The zero-order valence-electron chi connectivity index (χ0n) is 19.9. The minimum atomic E-state index is -0.542. The Balaban J connectivity index is 1.60. The van der Waals surface area contributed by atoms with Gasteiger partial charge in [-0.25, -0.2) is 0 Å². The van der Waals surface area contributed by atoms with Crippen LogP contribution in [0.1, 0.15) is 86.0 Å². The fourth-order valence-corrected chi connectivity index (χ4v) is 7.63. The van der Waals surface area contributed by atoms with Crippen LogP contribution >= 0.6 is 0 Å². The Hall–Kier alpha value is -1.65. The summed E-state index contributed by atoms with van der Waals surface area (Å²) in [7, 11) is 0. The van der Waals surface area contributed by atoms with E-state index < -0.39 is 11.9 Å². The standard InChI is InChI=1S/C26H40N2O3/c1-15(2)13-21(16(3)29)27-23(30)18-14-26(5)20-10-12-25(4)11-6-7-19(25)17(20)8-9-22(26)28-24(18)31/h14-15,17,19-22H,6-13H2,1-5H3,(H,27,30)(H,28,31)/t17-,19-,20+,21?,22?,25-,26+/m0/s1. The molecule has 1 aliphatic heterocycles. The van der Waals surface area contributed by atoms with E-state index in [1.54, 1.807) is 0 Å². The molecule has 4 aliphatic rings. The lowest BCUT2D eigenvalue weighted by Crippen LogP contribution is -2.61. The third kappa shape index (κ3) is 3.87. The molecule has 4 rings (SSSR count). The summed E-state index contributed by atoms with van der Waals surface area (Å²) < 4.78 is 0. The Morgan fingerprint density at radius 2 is 1.87 bits per heavy atom. The number of hydrogen-bond donors (Lipinski definition) is 2. The second-order valence-corrected chi connectivity index (χ2v) is 11.8. The first-order chi connectivity index (χ1) is 14.5. The number of ketones is 1. The van der Waals surface area contributed by atoms with Crippen LogP contribution in [0.3, 0.4) is 0 Å². The van der Waals surface area contributed by atoms with Gasteiger partial charge in [-0.2, -0.15) is 0 Å². The maximum Gasteiger partial charge on any atom is 0.257 e. The van der Waals surface area contributed by atoms with Gasteiger partial charge < -0.3 is 10.6 Å². The van der Waals surface area contributed by atoms with Crippen LogP contribution in [0.15, 0.2) is 11.6 Å². The predicted molar refractivity (Wildman–Crippen MR) is 121 cm³/mol. The molecule has 0 aromatic heterocycles. The van der Waals surface area contributed by atoms with Crippen molar-refractivity contribution in [2.75, 3.05) is 0 Å². The quantitative estimate of drug-likeness (QED) is 0.646. The highest BCUT2D eigenvalue weighted by atomic mass is 16.2. The van der Waals surface area contributed by atoms with E-state index in [4.69, 9.17) is 0 Å². The third-order valence-electron chi connectivity index (χ3n) is 9.31. The first kappa shape index (κ1) is 22.5. The normalized spacial score (nSPS) is 40.2. The summed E-state index contributed by atoms with van der Waals surface area (Å²) in [6, 6.07) is -0.442. The molecule has 0 spiro atoms. The zero-order valence-corrected chi connectivity index (χ0v) is 19.9. The van der Waals surface area contributed by atoms with Crippen molar-refractivity contribution in [1.82, 2.24) is 10.6 Å². The van der Waals surface area contributed by atoms with Gasteiger partial charge in [0.2, 0.25) is 0 Å². The van der Waals surface area contributed by atoms with Gasteiger partial charge in [-0.05, 0) is 81.0 Å². The largest absolute Gasteiger partial charge is 0.348 e. The fourth-order valence-electron chi connectivity index (χ4n) is 7.63. The Kier molecular flexibility index (Phi) is 5.85. The van der Waals surface area contributed by atoms with Crippen LogP contribution in [0.4, 0.5) is 0 Å². The van der Waals surface area contributed by atoms with Gasteiger partial charge in [-0.15, -0.1) is 0 Å². The maximum absolute atomic E-state index is 13.1. The highest BCUT2D eigenvalue weighted by Gasteiger charge is 2.58. The van der Waals surface area contributed by atoms with Crippen LogP contribution in [0.2, 0.25) is 0 Å². The molecular formula is C26H40N2O3. The second-order valence-electron chi connectivity index (χ2n) is 11.8. The summed E-state index contributed by atoms with van der Waals surface area (Å²) in [6.45, 7) is 10.3. The summed E-state index contributed by atoms with van der Waals surface area (Å²) in [5.74, 6) is 1.50. The zero-order chi connectivity index (χ0) is 22.6. The van der Waals surface area contributed by atoms with Crippen molar-refractivity contribution in [3.63, 3.8) is 0 Å². The van der Waals surface area contributed by atoms with Crippen molar-refractivity contribution < 1.29 is 14.4 Å². The molecule has 31 heavy (non-hydrogen) atoms. The van der Waals surface area contributed by atoms with E-state index in [9.17, 15) is 14.4 Å². The van der Waals surface area contributed by atoms with E-state index in [1.165, 1.54) is 45.4 Å². The first-order valence-electron chi connectivity index (χ1n) is 12.4. The van der Waals surface area contributed by atoms with Crippen molar-refractivity contribution >= 4 is 17.6 Å². The van der Waals surface area contributed by atoms with Crippen LogP contribution in [-0.2, 0) is 14.4 Å². The number of carbonyl (C=O) groups is 3. The van der Waals surface area contributed by atoms with Gasteiger partial charge in [-0.1, -0.05) is 40.2 Å². The first-order valence-corrected chi connectivity index (χ1v) is 12.4. The van der Waals surface area contributed by atoms with E-state index in [2.05, 4.69) is 24.5 Å². The molecule has 172 valence electrons. The Morgan fingerprint density at radius 3 is 2.55 bits per heavy atom. The molecular weight excluding hydrogens is 388 g/mol. The number of amides is 2. The van der Waals surface area contributed by atoms with Crippen LogP contribution in [0.25, 0.3) is 0 Å². The van der Waals surface area contributed by atoms with Crippen molar-refractivity contribution in [3.8, 4) is 0 Å². The molecule has 5 nitrogen and oxygen atoms in total. The SMILES string of the molecule is CC(=O)C(CC(C)C)NC(=O)C1=C[C@@]2(C)C(CC[C@@H]3[C@H]2CC[C@]2(C)CCC[C@@H]32)NC1=O. The third-order valence-corrected chi connectivity index (χ3v) is 9.31. The summed E-state index contributed by atoms with van der Waals surface area (Å²) >= 11 is 0. The van der Waals surface area contributed by atoms with Gasteiger partial charge in [0.05, 0.1) is 6.04 Å². The molecule has 7 atom stereocenters. The predicted octanol–water partition coefficient (Wildman–Crippen LogP) is 4.16. The lowest BCUT2D eigenvalue weighted by molar-refractivity contribution is -0.130. The lowest BCUT2D eigenvalue weighted by Gasteiger charge is -2.58. The van der Waals surface area contributed by atoms with Crippen molar-refractivity contribution in [1.29, 1.82) is 0 Å². The minimum Gasteiger partial charge on any atom is -0.348 e. The van der Waals surface area contributed by atoms with E-state index in [1.807, 2.05) is 19.9 Å². The van der Waals surface area contributed by atoms with Crippen LogP contribution in [0, 0.1) is 34.5 Å². The Bertz CT molecular complexity index is 802. The number of nitrogens with one attached hydrogen (secondary N) is 2. The molecule has 0 aromatic carbocycles. The molecule has 3 fully saturated rings. The summed E-state index contributed by atoms with van der Waals surface area (Å²) in [5, 5.41) is 6.04. The summed E-state index contributed by atoms with van der Waals surface area (Å²) in [4.78, 5) is 38.1. The minimum absolute atomic E-state index is 0.0616. The number of rotatable bonds is 5. The molecule has 5 heteroatoms.